The van der Waals surface area contributed by atoms with Gasteiger partial charge in [-0.3, -0.25) is 0 Å². The highest BCUT2D eigenvalue weighted by Gasteiger charge is 2.13. The van der Waals surface area contributed by atoms with Gasteiger partial charge in [0.1, 0.15) is 6.61 Å². The van der Waals surface area contributed by atoms with Gasteiger partial charge in [-0.2, -0.15) is 5.10 Å². The third-order valence-corrected chi connectivity index (χ3v) is 6.21. The summed E-state index contributed by atoms with van der Waals surface area (Å²) in [4.78, 5) is 0. The van der Waals surface area contributed by atoms with Crippen molar-refractivity contribution >= 4 is 47.0 Å². The second-order valence-electron chi connectivity index (χ2n) is 7.02. The highest BCUT2D eigenvalue weighted by atomic mass is 35.5. The number of H-pyrrole nitrogens is 1. The predicted octanol–water partition coefficient (Wildman–Crippen LogP) is 6.90. The number of rotatable bonds is 8. The van der Waals surface area contributed by atoms with Gasteiger partial charge in [0, 0.05) is 16.7 Å². The molecule has 4 aromatic rings. The summed E-state index contributed by atoms with van der Waals surface area (Å²) in [5.41, 5.74) is 5.87. The monoisotopic (exact) mass is 520 g/mol. The Morgan fingerprint density at radius 1 is 0.970 bits per heavy atom. The zero-order valence-electron chi connectivity index (χ0n) is 17.4. The number of benzene rings is 3. The molecule has 0 aliphatic carbocycles. The largest absolute Gasteiger partial charge is 0.493 e. The van der Waals surface area contributed by atoms with Gasteiger partial charge in [0.25, 0.3) is 0 Å². The van der Waals surface area contributed by atoms with E-state index < -0.39 is 0 Å². The number of hydrogen-bond acceptors (Lipinski definition) is 5. The molecule has 4 rings (SSSR count). The third kappa shape index (κ3) is 5.45. The lowest BCUT2D eigenvalue weighted by Gasteiger charge is -2.15. The van der Waals surface area contributed by atoms with E-state index in [0.29, 0.717) is 43.7 Å². The molecule has 3 aromatic carbocycles. The standard InChI is InChI=1S/C23H19Cl3N4O2S/c1-31-20-10-16(12-27-30-22(28-29-23(30)33)15-5-3-2-4-6-15)18(25)11-21(20)32-13-14-7-8-17(24)19(26)9-14/h2-11,27H,12-13H2,1H3,(H,29,33). The van der Waals surface area contributed by atoms with Gasteiger partial charge in [-0.1, -0.05) is 71.2 Å². The van der Waals surface area contributed by atoms with Crippen molar-refractivity contribution in [1.29, 1.82) is 0 Å². The van der Waals surface area contributed by atoms with Crippen LogP contribution < -0.4 is 14.9 Å². The molecule has 0 aliphatic rings. The number of nitrogens with zero attached hydrogens (tertiary/aromatic N) is 2. The quantitative estimate of drug-likeness (QED) is 0.247. The summed E-state index contributed by atoms with van der Waals surface area (Å²) in [5.74, 6) is 1.74. The molecule has 0 amide bonds. The Bertz CT molecular complexity index is 1330. The lowest BCUT2D eigenvalue weighted by Crippen LogP contribution is -2.16. The van der Waals surface area contributed by atoms with Gasteiger partial charge in [0.05, 0.1) is 23.7 Å². The van der Waals surface area contributed by atoms with Gasteiger partial charge in [-0.25, -0.2) is 9.77 Å². The van der Waals surface area contributed by atoms with Gasteiger partial charge in [-0.15, -0.1) is 0 Å². The molecule has 1 aromatic heterocycles. The first-order valence-corrected chi connectivity index (χ1v) is 11.4. The molecule has 0 atom stereocenters. The van der Waals surface area contributed by atoms with Crippen LogP contribution in [0.4, 0.5) is 0 Å². The van der Waals surface area contributed by atoms with Crippen molar-refractivity contribution in [3.63, 3.8) is 0 Å². The fourth-order valence-electron chi connectivity index (χ4n) is 3.16. The van der Waals surface area contributed by atoms with E-state index in [1.807, 2.05) is 42.5 Å². The Kier molecular flexibility index (Phi) is 7.45. The third-order valence-electron chi connectivity index (χ3n) is 4.84. The Labute approximate surface area is 211 Å². The van der Waals surface area contributed by atoms with Crippen LogP contribution in [0, 0.1) is 4.77 Å². The van der Waals surface area contributed by atoms with Crippen LogP contribution in [0.25, 0.3) is 11.4 Å². The number of hydrogen-bond donors (Lipinski definition) is 2. The van der Waals surface area contributed by atoms with Crippen LogP contribution in [-0.2, 0) is 13.2 Å². The number of ether oxygens (including phenoxy) is 2. The molecule has 0 unspecified atom stereocenters. The van der Waals surface area contributed by atoms with E-state index in [4.69, 9.17) is 56.5 Å². The highest BCUT2D eigenvalue weighted by molar-refractivity contribution is 7.71. The number of aromatic nitrogens is 3. The molecule has 170 valence electrons. The normalized spacial score (nSPS) is 10.8. The first-order chi connectivity index (χ1) is 16.0. The molecule has 0 saturated carbocycles. The first kappa shape index (κ1) is 23.4. The summed E-state index contributed by atoms with van der Waals surface area (Å²) in [6.07, 6.45) is 0. The van der Waals surface area contributed by atoms with Crippen LogP contribution >= 0.6 is 47.0 Å². The Morgan fingerprint density at radius 3 is 2.48 bits per heavy atom. The number of methoxy groups -OCH3 is 1. The van der Waals surface area contributed by atoms with E-state index in [9.17, 15) is 0 Å². The Balaban J connectivity index is 1.51. The second-order valence-corrected chi connectivity index (χ2v) is 8.63. The van der Waals surface area contributed by atoms with E-state index in [0.717, 1.165) is 16.7 Å². The molecule has 0 saturated heterocycles. The minimum atomic E-state index is 0.284. The summed E-state index contributed by atoms with van der Waals surface area (Å²) < 4.78 is 13.6. The summed E-state index contributed by atoms with van der Waals surface area (Å²) in [7, 11) is 1.58. The van der Waals surface area contributed by atoms with Gasteiger partial charge in [-0.05, 0) is 41.5 Å². The minimum absolute atomic E-state index is 0.284. The van der Waals surface area contributed by atoms with Crippen LogP contribution in [0.15, 0.2) is 60.7 Å². The molecule has 1 heterocycles. The highest BCUT2D eigenvalue weighted by Crippen LogP contribution is 2.34. The second kappa shape index (κ2) is 10.5. The van der Waals surface area contributed by atoms with Crippen molar-refractivity contribution in [1.82, 2.24) is 14.9 Å². The maximum Gasteiger partial charge on any atom is 0.214 e. The van der Waals surface area contributed by atoms with Crippen LogP contribution in [0.5, 0.6) is 11.5 Å². The molecule has 6 nitrogen and oxygen atoms in total. The Morgan fingerprint density at radius 2 is 1.76 bits per heavy atom. The molecule has 33 heavy (non-hydrogen) atoms. The van der Waals surface area contributed by atoms with Gasteiger partial charge >= 0.3 is 0 Å². The smallest absolute Gasteiger partial charge is 0.214 e. The maximum atomic E-state index is 6.55. The van der Waals surface area contributed by atoms with Crippen molar-refractivity contribution < 1.29 is 9.47 Å². The fraction of sp³-hybridized carbons (Fsp3) is 0.130. The Hall–Kier alpha value is -2.71. The number of nitrogens with one attached hydrogen (secondary N) is 2. The van der Waals surface area contributed by atoms with E-state index >= 15 is 0 Å². The van der Waals surface area contributed by atoms with E-state index in [-0.39, 0.29) is 6.61 Å². The number of aromatic amines is 1. The van der Waals surface area contributed by atoms with Crippen LogP contribution in [-0.4, -0.2) is 22.0 Å². The van der Waals surface area contributed by atoms with E-state index in [1.165, 1.54) is 0 Å². The molecule has 0 spiro atoms. The molecule has 10 heteroatoms. The van der Waals surface area contributed by atoms with Crippen LogP contribution in [0.1, 0.15) is 11.1 Å². The maximum absolute atomic E-state index is 6.55. The number of halogens is 3. The lowest BCUT2D eigenvalue weighted by atomic mass is 10.2. The van der Waals surface area contributed by atoms with Gasteiger partial charge in [0.2, 0.25) is 4.77 Å². The fourth-order valence-corrected chi connectivity index (χ4v) is 3.90. The summed E-state index contributed by atoms with van der Waals surface area (Å²) in [6.45, 7) is 0.668. The average Bonchev–Trinajstić information content (AvgIpc) is 3.20. The molecular weight excluding hydrogens is 503 g/mol. The molecule has 2 N–H and O–H groups in total. The van der Waals surface area contributed by atoms with Crippen molar-refractivity contribution in [2.24, 2.45) is 0 Å². The molecule has 0 radical (unpaired) electrons. The molecule has 0 bridgehead atoms. The van der Waals surface area contributed by atoms with Gasteiger partial charge < -0.3 is 14.9 Å². The first-order valence-electron chi connectivity index (χ1n) is 9.86. The SMILES string of the molecule is COc1cc(CNn2c(-c3ccccc3)n[nH]c2=S)c(Cl)cc1OCc1ccc(Cl)c(Cl)c1. The molecular formula is C23H19Cl3N4O2S. The topological polar surface area (TPSA) is 64.1 Å². The lowest BCUT2D eigenvalue weighted by molar-refractivity contribution is 0.284. The zero-order chi connectivity index (χ0) is 23.4. The van der Waals surface area contributed by atoms with E-state index in [2.05, 4.69) is 15.6 Å². The van der Waals surface area contributed by atoms with Crippen LogP contribution in [0.3, 0.4) is 0 Å². The van der Waals surface area contributed by atoms with Crippen molar-refractivity contribution in [3.8, 4) is 22.9 Å². The van der Waals surface area contributed by atoms with Crippen molar-refractivity contribution in [3.05, 3.63) is 91.6 Å². The molecule has 0 aliphatic heterocycles. The predicted molar refractivity (Wildman–Crippen MR) is 135 cm³/mol. The minimum Gasteiger partial charge on any atom is -0.493 e. The van der Waals surface area contributed by atoms with Gasteiger partial charge in [0.15, 0.2) is 17.3 Å². The molecule has 0 fully saturated rings. The van der Waals surface area contributed by atoms with Crippen molar-refractivity contribution in [2.45, 2.75) is 13.2 Å². The average molecular weight is 522 g/mol. The summed E-state index contributed by atoms with van der Waals surface area (Å²) in [6, 6.07) is 18.6. The van der Waals surface area contributed by atoms with Crippen molar-refractivity contribution in [2.75, 3.05) is 12.5 Å². The zero-order valence-corrected chi connectivity index (χ0v) is 20.5. The summed E-state index contributed by atoms with van der Waals surface area (Å²) >= 11 is 24.0. The summed E-state index contributed by atoms with van der Waals surface area (Å²) in [5, 5.41) is 8.62. The van der Waals surface area contributed by atoms with E-state index in [1.54, 1.807) is 30.0 Å². The van der Waals surface area contributed by atoms with Crippen LogP contribution in [0.2, 0.25) is 15.1 Å².